The number of benzene rings is 1. The first-order valence-corrected chi connectivity index (χ1v) is 6.59. The van der Waals surface area contributed by atoms with Crippen molar-refractivity contribution in [2.75, 3.05) is 12.3 Å². The molecule has 2 N–H and O–H groups in total. The van der Waals surface area contributed by atoms with Crippen LogP contribution in [0.5, 0.6) is 0 Å². The summed E-state index contributed by atoms with van der Waals surface area (Å²) in [5.74, 6) is 3.14. The van der Waals surface area contributed by atoms with Gasteiger partial charge in [-0.25, -0.2) is 4.98 Å². The Balaban J connectivity index is 1.92. The fraction of sp³-hybridized carbons (Fsp3) is 0.154. The van der Waals surface area contributed by atoms with Gasteiger partial charge in [0.25, 0.3) is 0 Å². The highest BCUT2D eigenvalue weighted by Crippen LogP contribution is 2.18. The first-order valence-electron chi connectivity index (χ1n) is 5.60. The molecule has 6 heteroatoms. The summed E-state index contributed by atoms with van der Waals surface area (Å²) >= 11 is 1.26. The minimum absolute atomic E-state index is 0.131. The number of carbonyl (C=O) groups is 1. The summed E-state index contributed by atoms with van der Waals surface area (Å²) in [5.41, 5.74) is 0.957. The topological polar surface area (TPSA) is 70.7 Å². The first kappa shape index (κ1) is 13.2. The molecule has 0 bridgehead atoms. The number of hydrogen-bond acceptors (Lipinski definition) is 4. The summed E-state index contributed by atoms with van der Waals surface area (Å²) in [6, 6.07) is 9.67. The first-order chi connectivity index (χ1) is 9.29. The third-order valence-electron chi connectivity index (χ3n) is 2.23. The quantitative estimate of drug-likeness (QED) is 0.636. The monoisotopic (exact) mass is 272 g/mol. The van der Waals surface area contributed by atoms with Crippen LogP contribution < -0.4 is 5.32 Å². The molecule has 1 aromatic heterocycles. The van der Waals surface area contributed by atoms with E-state index in [4.69, 9.17) is 6.42 Å². The predicted molar refractivity (Wildman–Crippen MR) is 74.4 cm³/mol. The van der Waals surface area contributed by atoms with Crippen molar-refractivity contribution < 1.29 is 4.79 Å². The van der Waals surface area contributed by atoms with Crippen LogP contribution in [0.25, 0.3) is 11.4 Å². The Labute approximate surface area is 115 Å². The molecule has 0 saturated heterocycles. The molecule has 1 amide bonds. The van der Waals surface area contributed by atoms with E-state index in [1.807, 2.05) is 30.3 Å². The van der Waals surface area contributed by atoms with E-state index < -0.39 is 0 Å². The lowest BCUT2D eigenvalue weighted by Gasteiger charge is -1.98. The van der Waals surface area contributed by atoms with Gasteiger partial charge in [-0.05, 0) is 0 Å². The van der Waals surface area contributed by atoms with Gasteiger partial charge >= 0.3 is 0 Å². The Bertz CT molecular complexity index is 588. The van der Waals surface area contributed by atoms with Gasteiger partial charge in [0.2, 0.25) is 11.1 Å². The van der Waals surface area contributed by atoms with E-state index in [-0.39, 0.29) is 18.2 Å². The van der Waals surface area contributed by atoms with E-state index in [0.717, 1.165) is 5.56 Å². The number of rotatable bonds is 5. The van der Waals surface area contributed by atoms with Crippen molar-refractivity contribution in [2.45, 2.75) is 5.16 Å². The van der Waals surface area contributed by atoms with Gasteiger partial charge in [-0.15, -0.1) is 11.5 Å². The fourth-order valence-corrected chi connectivity index (χ4v) is 2.00. The van der Waals surface area contributed by atoms with Crippen LogP contribution in [0.3, 0.4) is 0 Å². The second kappa shape index (κ2) is 6.61. The average Bonchev–Trinajstić information content (AvgIpc) is 2.93. The van der Waals surface area contributed by atoms with Crippen LogP contribution in [0.1, 0.15) is 0 Å². The molecule has 0 fully saturated rings. The van der Waals surface area contributed by atoms with E-state index >= 15 is 0 Å². The summed E-state index contributed by atoms with van der Waals surface area (Å²) in [5, 5.41) is 10.0. The minimum Gasteiger partial charge on any atom is -0.344 e. The lowest BCUT2D eigenvalue weighted by atomic mass is 10.2. The molecule has 0 aliphatic rings. The molecule has 0 saturated carbocycles. The van der Waals surface area contributed by atoms with Gasteiger partial charge in [0.15, 0.2) is 5.82 Å². The maximum atomic E-state index is 11.4. The van der Waals surface area contributed by atoms with Crippen molar-refractivity contribution in [1.82, 2.24) is 20.5 Å². The van der Waals surface area contributed by atoms with Crippen LogP contribution >= 0.6 is 11.8 Å². The molecule has 0 atom stereocenters. The molecule has 0 aliphatic heterocycles. The van der Waals surface area contributed by atoms with Gasteiger partial charge < -0.3 is 5.32 Å². The van der Waals surface area contributed by atoms with Gasteiger partial charge in [-0.3, -0.25) is 9.89 Å². The van der Waals surface area contributed by atoms with Crippen molar-refractivity contribution >= 4 is 17.7 Å². The maximum Gasteiger partial charge on any atom is 0.231 e. The zero-order chi connectivity index (χ0) is 13.5. The molecule has 19 heavy (non-hydrogen) atoms. The van der Waals surface area contributed by atoms with Crippen LogP contribution in [0.2, 0.25) is 0 Å². The normalized spacial score (nSPS) is 9.84. The van der Waals surface area contributed by atoms with E-state index in [9.17, 15) is 4.79 Å². The lowest BCUT2D eigenvalue weighted by Crippen LogP contribution is -2.25. The zero-order valence-corrected chi connectivity index (χ0v) is 10.9. The molecule has 2 rings (SSSR count). The maximum absolute atomic E-state index is 11.4. The van der Waals surface area contributed by atoms with Crippen molar-refractivity contribution in [3.63, 3.8) is 0 Å². The predicted octanol–water partition coefficient (Wildman–Crippen LogP) is 1.31. The number of nitrogens with zero attached hydrogens (tertiary/aromatic N) is 2. The van der Waals surface area contributed by atoms with Gasteiger partial charge in [-0.2, -0.15) is 0 Å². The highest BCUT2D eigenvalue weighted by Gasteiger charge is 2.08. The van der Waals surface area contributed by atoms with Crippen LogP contribution in [0, 0.1) is 12.3 Å². The summed E-state index contributed by atoms with van der Waals surface area (Å²) < 4.78 is 0. The van der Waals surface area contributed by atoms with Crippen molar-refractivity contribution in [1.29, 1.82) is 0 Å². The zero-order valence-electron chi connectivity index (χ0n) is 10.1. The van der Waals surface area contributed by atoms with E-state index in [1.165, 1.54) is 11.8 Å². The molecule has 0 radical (unpaired) electrons. The molecular formula is C13H12N4OS. The minimum atomic E-state index is -0.131. The molecular weight excluding hydrogens is 260 g/mol. The highest BCUT2D eigenvalue weighted by molar-refractivity contribution is 7.99. The second-order valence-corrected chi connectivity index (χ2v) is 4.54. The Morgan fingerprint density at radius 2 is 2.21 bits per heavy atom. The highest BCUT2D eigenvalue weighted by atomic mass is 32.2. The molecule has 0 aliphatic carbocycles. The molecule has 5 nitrogen and oxygen atoms in total. The Morgan fingerprint density at radius 3 is 2.95 bits per heavy atom. The number of nitrogens with one attached hydrogen (secondary N) is 2. The fourth-order valence-electron chi connectivity index (χ4n) is 1.37. The summed E-state index contributed by atoms with van der Waals surface area (Å²) in [6.45, 7) is 0.239. The van der Waals surface area contributed by atoms with Gasteiger partial charge in [0.1, 0.15) is 0 Å². The lowest BCUT2D eigenvalue weighted by molar-refractivity contribution is -0.118. The molecule has 0 spiro atoms. The molecule has 0 unspecified atom stereocenters. The van der Waals surface area contributed by atoms with Crippen molar-refractivity contribution in [2.24, 2.45) is 0 Å². The third kappa shape index (κ3) is 3.86. The summed E-state index contributed by atoms with van der Waals surface area (Å²) in [6.07, 6.45) is 5.05. The van der Waals surface area contributed by atoms with Gasteiger partial charge in [0, 0.05) is 5.56 Å². The smallest absolute Gasteiger partial charge is 0.231 e. The standard InChI is InChI=1S/C13H12N4OS/c1-2-8-14-11(18)9-19-13-15-12(16-17-13)10-6-4-3-5-7-10/h1,3-7H,8-9H2,(H,14,18)(H,15,16,17). The Hall–Kier alpha value is -2.26. The molecule has 1 aromatic carbocycles. The number of hydrogen-bond donors (Lipinski definition) is 2. The van der Waals surface area contributed by atoms with Gasteiger partial charge in [-0.1, -0.05) is 48.0 Å². The number of amides is 1. The summed E-state index contributed by atoms with van der Waals surface area (Å²) in [4.78, 5) is 15.7. The van der Waals surface area contributed by atoms with E-state index in [1.54, 1.807) is 0 Å². The molecule has 96 valence electrons. The number of H-pyrrole nitrogens is 1. The van der Waals surface area contributed by atoms with Crippen LogP contribution in [0.15, 0.2) is 35.5 Å². The van der Waals surface area contributed by atoms with E-state index in [2.05, 4.69) is 26.4 Å². The largest absolute Gasteiger partial charge is 0.344 e. The Morgan fingerprint density at radius 1 is 1.42 bits per heavy atom. The molecule has 1 heterocycles. The second-order valence-electron chi connectivity index (χ2n) is 3.60. The average molecular weight is 272 g/mol. The number of carbonyl (C=O) groups excluding carboxylic acids is 1. The van der Waals surface area contributed by atoms with Gasteiger partial charge in [0.05, 0.1) is 12.3 Å². The van der Waals surface area contributed by atoms with Crippen LogP contribution in [-0.2, 0) is 4.79 Å². The van der Waals surface area contributed by atoms with Crippen LogP contribution in [0.4, 0.5) is 0 Å². The van der Waals surface area contributed by atoms with Crippen molar-refractivity contribution in [3.05, 3.63) is 30.3 Å². The summed E-state index contributed by atoms with van der Waals surface area (Å²) in [7, 11) is 0. The SMILES string of the molecule is C#CCNC(=O)CSc1n[nH]c(-c2ccccc2)n1. The van der Waals surface area contributed by atoms with Crippen molar-refractivity contribution in [3.8, 4) is 23.7 Å². The Kier molecular flexibility index (Phi) is 4.59. The van der Waals surface area contributed by atoms with E-state index in [0.29, 0.717) is 11.0 Å². The number of thioether (sulfide) groups is 1. The van der Waals surface area contributed by atoms with Crippen LogP contribution in [-0.4, -0.2) is 33.4 Å². The third-order valence-corrected chi connectivity index (χ3v) is 3.08. The molecule has 2 aromatic rings. The number of terminal acetylenes is 1. The number of aromatic amines is 1. The number of aromatic nitrogens is 3.